The summed E-state index contributed by atoms with van der Waals surface area (Å²) in [5, 5.41) is 0. The predicted octanol–water partition coefficient (Wildman–Crippen LogP) is 3.40. The Morgan fingerprint density at radius 1 is 1.35 bits per heavy atom. The summed E-state index contributed by atoms with van der Waals surface area (Å²) in [5.74, 6) is 0.646. The Morgan fingerprint density at radius 3 is 2.80 bits per heavy atom. The van der Waals surface area contributed by atoms with Gasteiger partial charge in [-0.3, -0.25) is 0 Å². The predicted molar refractivity (Wildman–Crippen MR) is 78.9 cm³/mol. The zero-order valence-corrected chi connectivity index (χ0v) is 12.2. The smallest absolute Gasteiger partial charge is 0.342 e. The van der Waals surface area contributed by atoms with Crippen molar-refractivity contribution in [1.29, 1.82) is 0 Å². The molecule has 0 radical (unpaired) electrons. The highest BCUT2D eigenvalue weighted by Gasteiger charge is 2.28. The number of methoxy groups -OCH3 is 1. The van der Waals surface area contributed by atoms with E-state index in [1.807, 2.05) is 0 Å². The van der Waals surface area contributed by atoms with Gasteiger partial charge in [0.15, 0.2) is 0 Å². The molecule has 0 aromatic heterocycles. The van der Waals surface area contributed by atoms with Gasteiger partial charge in [0.25, 0.3) is 0 Å². The second-order valence-corrected chi connectivity index (χ2v) is 5.36. The van der Waals surface area contributed by atoms with E-state index in [9.17, 15) is 4.79 Å². The lowest BCUT2D eigenvalue weighted by Gasteiger charge is -2.30. The first kappa shape index (κ1) is 14.7. The topological polar surface area (TPSA) is 61.5 Å². The number of nitrogen functional groups attached to an aromatic ring is 1. The maximum atomic E-state index is 12.3. The number of benzene rings is 1. The van der Waals surface area contributed by atoms with Gasteiger partial charge in [0.2, 0.25) is 0 Å². The summed E-state index contributed by atoms with van der Waals surface area (Å²) in [4.78, 5) is 12.3. The molecule has 0 saturated heterocycles. The third-order valence-electron chi connectivity index (χ3n) is 4.07. The summed E-state index contributed by atoms with van der Waals surface area (Å²) in [6, 6.07) is 5.03. The van der Waals surface area contributed by atoms with Gasteiger partial charge in [-0.15, -0.1) is 0 Å². The lowest BCUT2D eigenvalue weighted by atomic mass is 9.85. The van der Waals surface area contributed by atoms with Gasteiger partial charge in [-0.25, -0.2) is 4.79 Å². The van der Waals surface area contributed by atoms with Crippen LogP contribution in [-0.4, -0.2) is 19.2 Å². The zero-order chi connectivity index (χ0) is 14.5. The summed E-state index contributed by atoms with van der Waals surface area (Å²) in [5.41, 5.74) is 6.69. The van der Waals surface area contributed by atoms with E-state index in [0.29, 0.717) is 22.9 Å². The molecule has 0 spiro atoms. The first-order valence-corrected chi connectivity index (χ1v) is 7.30. The van der Waals surface area contributed by atoms with E-state index in [0.717, 1.165) is 25.7 Å². The standard InChI is InChI=1S/C16H23NO3/c1-3-11-6-4-5-7-14(11)20-16(18)13-10-12(17)8-9-15(13)19-2/h8-11,14H,3-7,17H2,1-2H3. The Bertz CT molecular complexity index is 473. The van der Waals surface area contributed by atoms with Gasteiger partial charge in [-0.05, 0) is 49.8 Å². The van der Waals surface area contributed by atoms with Gasteiger partial charge in [-0.1, -0.05) is 13.3 Å². The number of anilines is 1. The van der Waals surface area contributed by atoms with Crippen LogP contribution in [0.5, 0.6) is 5.75 Å². The highest BCUT2D eigenvalue weighted by Crippen LogP contribution is 2.31. The molecular weight excluding hydrogens is 254 g/mol. The Kier molecular flexibility index (Phi) is 4.88. The van der Waals surface area contributed by atoms with Crippen LogP contribution in [0.25, 0.3) is 0 Å². The number of nitrogens with two attached hydrogens (primary N) is 1. The van der Waals surface area contributed by atoms with E-state index < -0.39 is 0 Å². The first-order valence-electron chi connectivity index (χ1n) is 7.30. The summed E-state index contributed by atoms with van der Waals surface area (Å²) < 4.78 is 10.9. The lowest BCUT2D eigenvalue weighted by Crippen LogP contribution is -2.29. The van der Waals surface area contributed by atoms with Gasteiger partial charge < -0.3 is 15.2 Å². The molecule has 2 rings (SSSR count). The second kappa shape index (κ2) is 6.64. The minimum atomic E-state index is -0.334. The molecule has 2 unspecified atom stereocenters. The van der Waals surface area contributed by atoms with Crippen molar-refractivity contribution in [3.63, 3.8) is 0 Å². The second-order valence-electron chi connectivity index (χ2n) is 5.36. The van der Waals surface area contributed by atoms with E-state index in [1.54, 1.807) is 18.2 Å². The zero-order valence-electron chi connectivity index (χ0n) is 12.2. The van der Waals surface area contributed by atoms with E-state index in [-0.39, 0.29) is 12.1 Å². The van der Waals surface area contributed by atoms with E-state index in [2.05, 4.69) is 6.92 Å². The minimum Gasteiger partial charge on any atom is -0.496 e. The van der Waals surface area contributed by atoms with Crippen molar-refractivity contribution in [2.45, 2.75) is 45.1 Å². The number of ether oxygens (including phenoxy) is 2. The highest BCUT2D eigenvalue weighted by molar-refractivity contribution is 5.93. The number of hydrogen-bond donors (Lipinski definition) is 1. The molecule has 0 aliphatic heterocycles. The third-order valence-corrected chi connectivity index (χ3v) is 4.07. The number of rotatable bonds is 4. The van der Waals surface area contributed by atoms with Crippen molar-refractivity contribution in [2.75, 3.05) is 12.8 Å². The van der Waals surface area contributed by atoms with Gasteiger partial charge in [0, 0.05) is 5.69 Å². The van der Waals surface area contributed by atoms with Crippen LogP contribution < -0.4 is 10.5 Å². The molecule has 1 aliphatic carbocycles. The largest absolute Gasteiger partial charge is 0.496 e. The van der Waals surface area contributed by atoms with Crippen LogP contribution in [0.4, 0.5) is 5.69 Å². The summed E-state index contributed by atoms with van der Waals surface area (Å²) >= 11 is 0. The molecule has 20 heavy (non-hydrogen) atoms. The van der Waals surface area contributed by atoms with Crippen molar-refractivity contribution in [1.82, 2.24) is 0 Å². The Hall–Kier alpha value is -1.71. The van der Waals surface area contributed by atoms with Crippen molar-refractivity contribution >= 4 is 11.7 Å². The molecule has 1 aromatic carbocycles. The molecule has 1 fully saturated rings. The van der Waals surface area contributed by atoms with E-state index in [1.165, 1.54) is 13.5 Å². The van der Waals surface area contributed by atoms with Crippen molar-refractivity contribution < 1.29 is 14.3 Å². The van der Waals surface area contributed by atoms with Crippen LogP contribution in [0.1, 0.15) is 49.4 Å². The van der Waals surface area contributed by atoms with E-state index in [4.69, 9.17) is 15.2 Å². The van der Waals surface area contributed by atoms with Crippen molar-refractivity contribution in [3.8, 4) is 5.75 Å². The Morgan fingerprint density at radius 2 is 2.10 bits per heavy atom. The van der Waals surface area contributed by atoms with Crippen LogP contribution in [0.2, 0.25) is 0 Å². The Balaban J connectivity index is 2.13. The van der Waals surface area contributed by atoms with Crippen LogP contribution in [0.3, 0.4) is 0 Å². The fourth-order valence-electron chi connectivity index (χ4n) is 2.88. The molecule has 0 bridgehead atoms. The molecule has 2 N–H and O–H groups in total. The van der Waals surface area contributed by atoms with E-state index >= 15 is 0 Å². The molecule has 110 valence electrons. The average molecular weight is 277 g/mol. The molecular formula is C16H23NO3. The monoisotopic (exact) mass is 277 g/mol. The number of esters is 1. The molecule has 2 atom stereocenters. The third kappa shape index (κ3) is 3.24. The van der Waals surface area contributed by atoms with Gasteiger partial charge in [0.1, 0.15) is 17.4 Å². The van der Waals surface area contributed by atoms with Gasteiger partial charge >= 0.3 is 5.97 Å². The SMILES string of the molecule is CCC1CCCCC1OC(=O)c1cc(N)ccc1OC. The fourth-order valence-corrected chi connectivity index (χ4v) is 2.88. The number of carbonyl (C=O) groups is 1. The average Bonchev–Trinajstić information content (AvgIpc) is 2.47. The molecule has 1 aliphatic rings. The molecule has 1 aromatic rings. The summed E-state index contributed by atoms with van der Waals surface area (Å²) in [7, 11) is 1.54. The summed E-state index contributed by atoms with van der Waals surface area (Å²) in [6.45, 7) is 2.15. The fraction of sp³-hybridized carbons (Fsp3) is 0.562. The maximum Gasteiger partial charge on any atom is 0.342 e. The minimum absolute atomic E-state index is 0.0207. The maximum absolute atomic E-state index is 12.3. The molecule has 4 nitrogen and oxygen atoms in total. The highest BCUT2D eigenvalue weighted by atomic mass is 16.5. The lowest BCUT2D eigenvalue weighted by molar-refractivity contribution is 0.000448. The molecule has 1 saturated carbocycles. The normalized spacial score (nSPS) is 22.3. The number of hydrogen-bond acceptors (Lipinski definition) is 4. The first-order chi connectivity index (χ1) is 9.65. The van der Waals surface area contributed by atoms with Gasteiger partial charge in [0.05, 0.1) is 7.11 Å². The molecule has 4 heteroatoms. The quantitative estimate of drug-likeness (QED) is 0.676. The van der Waals surface area contributed by atoms with Crippen LogP contribution in [0.15, 0.2) is 18.2 Å². The summed E-state index contributed by atoms with van der Waals surface area (Å²) in [6.07, 6.45) is 5.52. The number of carbonyl (C=O) groups excluding carboxylic acids is 1. The van der Waals surface area contributed by atoms with Gasteiger partial charge in [-0.2, -0.15) is 0 Å². The molecule has 0 heterocycles. The van der Waals surface area contributed by atoms with Crippen molar-refractivity contribution in [3.05, 3.63) is 23.8 Å². The van der Waals surface area contributed by atoms with Crippen molar-refractivity contribution in [2.24, 2.45) is 5.92 Å². The van der Waals surface area contributed by atoms with Crippen LogP contribution in [0, 0.1) is 5.92 Å². The van der Waals surface area contributed by atoms with Crippen LogP contribution in [-0.2, 0) is 4.74 Å². The van der Waals surface area contributed by atoms with Crippen LogP contribution >= 0.6 is 0 Å². The molecule has 0 amide bonds. The Labute approximate surface area is 120 Å².